The number of esters is 1. The van der Waals surface area contributed by atoms with Gasteiger partial charge < -0.3 is 9.15 Å². The molecule has 0 fully saturated rings. The molecule has 1 aromatic heterocycles. The third-order valence-corrected chi connectivity index (χ3v) is 0.899. The highest BCUT2D eigenvalue weighted by molar-refractivity contribution is 5.86. The van der Waals surface area contributed by atoms with Crippen molar-refractivity contribution < 1.29 is 18.1 Å². The Morgan fingerprint density at radius 2 is 2.80 bits per heavy atom. The molecule has 1 heterocycles. The molecule has 0 aliphatic heterocycles. The second kappa shape index (κ2) is 2.51. The van der Waals surface area contributed by atoms with Crippen LogP contribution in [-0.2, 0) is 4.74 Å². The fraction of sp³-hybridized carbons (Fsp3) is 0.333. The van der Waals surface area contributed by atoms with Crippen LogP contribution >= 0.6 is 0 Å². The molecule has 0 aliphatic carbocycles. The normalized spacial score (nSPS) is 15.1. The molecule has 0 saturated carbocycles. The molecule has 4 heteroatoms. The number of carbonyl (C=O) groups is 1. The fourth-order valence-corrected chi connectivity index (χ4v) is 0.472. The van der Waals surface area contributed by atoms with Gasteiger partial charge in [-0.2, -0.15) is 0 Å². The monoisotopic (exact) mass is 144 g/mol. The molecule has 54 valence electrons. The smallest absolute Gasteiger partial charge is 0.360 e. The van der Waals surface area contributed by atoms with Crippen molar-refractivity contribution >= 4 is 5.97 Å². The zero-order valence-corrected chi connectivity index (χ0v) is 5.25. The van der Waals surface area contributed by atoms with Crippen molar-refractivity contribution in [1.29, 1.82) is 0 Å². The quantitative estimate of drug-likeness (QED) is 0.546. The van der Waals surface area contributed by atoms with Gasteiger partial charge in [-0.1, -0.05) is 0 Å². The third-order valence-electron chi connectivity index (χ3n) is 0.899. The van der Waals surface area contributed by atoms with Crippen LogP contribution in [0.1, 0.15) is 20.5 Å². The number of ether oxygens (including phenoxy) is 1. The summed E-state index contributed by atoms with van der Waals surface area (Å²) in [6.45, 7) is -2.44. The zero-order chi connectivity index (χ0) is 10.1. The summed E-state index contributed by atoms with van der Waals surface area (Å²) in [4.78, 5) is 14.3. The summed E-state index contributed by atoms with van der Waals surface area (Å²) in [7, 11) is 1.17. The SMILES string of the molecule is [2H]C([2H])([2H])c1nc(C(=O)OC)co1. The van der Waals surface area contributed by atoms with E-state index >= 15 is 0 Å². The molecule has 0 spiro atoms. The van der Waals surface area contributed by atoms with Gasteiger partial charge in [-0.25, -0.2) is 9.78 Å². The van der Waals surface area contributed by atoms with Crippen LogP contribution in [0.15, 0.2) is 10.7 Å². The number of aryl methyl sites for hydroxylation is 1. The van der Waals surface area contributed by atoms with Gasteiger partial charge in [0.1, 0.15) is 6.26 Å². The van der Waals surface area contributed by atoms with Crippen molar-refractivity contribution in [1.82, 2.24) is 4.98 Å². The molecule has 0 N–H and O–H groups in total. The van der Waals surface area contributed by atoms with E-state index in [-0.39, 0.29) is 5.69 Å². The summed E-state index contributed by atoms with van der Waals surface area (Å²) < 4.78 is 29.6. The fourth-order valence-electron chi connectivity index (χ4n) is 0.472. The summed E-state index contributed by atoms with van der Waals surface area (Å²) in [6.07, 6.45) is 0.952. The maximum Gasteiger partial charge on any atom is 0.360 e. The van der Waals surface area contributed by atoms with E-state index in [2.05, 4.69) is 14.1 Å². The Hall–Kier alpha value is -1.32. The van der Waals surface area contributed by atoms with Gasteiger partial charge in [-0.15, -0.1) is 0 Å². The first-order valence-corrected chi connectivity index (χ1v) is 2.49. The Labute approximate surface area is 62.0 Å². The van der Waals surface area contributed by atoms with Gasteiger partial charge in [-0.05, 0) is 0 Å². The van der Waals surface area contributed by atoms with Crippen molar-refractivity contribution in [3.8, 4) is 0 Å². The van der Waals surface area contributed by atoms with E-state index < -0.39 is 18.7 Å². The molecule has 0 amide bonds. The second-order valence-corrected chi connectivity index (χ2v) is 1.53. The molecule has 1 rings (SSSR count). The van der Waals surface area contributed by atoms with Gasteiger partial charge in [0, 0.05) is 11.0 Å². The summed E-state index contributed by atoms with van der Waals surface area (Å²) in [6, 6.07) is 0. The van der Waals surface area contributed by atoms with Crippen LogP contribution in [0.4, 0.5) is 0 Å². The van der Waals surface area contributed by atoms with Crippen LogP contribution in [0.25, 0.3) is 0 Å². The van der Waals surface area contributed by atoms with Crippen LogP contribution in [0.5, 0.6) is 0 Å². The van der Waals surface area contributed by atoms with E-state index in [9.17, 15) is 4.79 Å². The average Bonchev–Trinajstić information content (AvgIpc) is 2.50. The molecule has 0 aromatic carbocycles. The van der Waals surface area contributed by atoms with Crippen LogP contribution in [0.3, 0.4) is 0 Å². The lowest BCUT2D eigenvalue weighted by Gasteiger charge is -1.88. The van der Waals surface area contributed by atoms with Crippen LogP contribution in [0.2, 0.25) is 0 Å². The second-order valence-electron chi connectivity index (χ2n) is 1.53. The Morgan fingerprint density at radius 1 is 2.00 bits per heavy atom. The van der Waals surface area contributed by atoms with Gasteiger partial charge >= 0.3 is 5.97 Å². The van der Waals surface area contributed by atoms with E-state index in [4.69, 9.17) is 4.11 Å². The topological polar surface area (TPSA) is 52.3 Å². The first-order chi connectivity index (χ1) is 5.95. The van der Waals surface area contributed by atoms with Gasteiger partial charge in [0.25, 0.3) is 0 Å². The number of hydrogen-bond donors (Lipinski definition) is 0. The first-order valence-electron chi connectivity index (χ1n) is 3.99. The minimum Gasteiger partial charge on any atom is -0.464 e. The number of rotatable bonds is 1. The standard InChI is InChI=1S/C6H7NO3/c1-4-7-5(3-10-4)6(8)9-2/h3H,1-2H3/i1D3. The number of oxazole rings is 1. The number of aromatic nitrogens is 1. The molecule has 0 bridgehead atoms. The van der Waals surface area contributed by atoms with Crippen molar-refractivity contribution in [3.63, 3.8) is 0 Å². The highest BCUT2D eigenvalue weighted by Crippen LogP contribution is 2.00. The average molecular weight is 144 g/mol. The Balaban J connectivity index is 2.93. The zero-order valence-electron chi connectivity index (χ0n) is 8.25. The van der Waals surface area contributed by atoms with Crippen molar-refractivity contribution in [2.24, 2.45) is 0 Å². The van der Waals surface area contributed by atoms with Gasteiger partial charge in [0.2, 0.25) is 0 Å². The van der Waals surface area contributed by atoms with Crippen LogP contribution < -0.4 is 0 Å². The van der Waals surface area contributed by atoms with E-state index in [0.29, 0.717) is 0 Å². The Kier molecular flexibility index (Phi) is 0.943. The summed E-state index contributed by atoms with van der Waals surface area (Å²) >= 11 is 0. The predicted octanol–water partition coefficient (Wildman–Crippen LogP) is 0.770. The minimum absolute atomic E-state index is 0.145. The van der Waals surface area contributed by atoms with Gasteiger partial charge in [0.05, 0.1) is 7.11 Å². The van der Waals surface area contributed by atoms with E-state index in [1.807, 2.05) is 0 Å². The minimum atomic E-state index is -2.44. The maximum absolute atomic E-state index is 10.8. The molecule has 0 atom stereocenters. The Morgan fingerprint density at radius 3 is 3.30 bits per heavy atom. The van der Waals surface area contributed by atoms with E-state index in [0.717, 1.165) is 6.26 Å². The van der Waals surface area contributed by atoms with Gasteiger partial charge in [-0.3, -0.25) is 0 Å². The summed E-state index contributed by atoms with van der Waals surface area (Å²) in [5.74, 6) is -1.19. The van der Waals surface area contributed by atoms with Crippen molar-refractivity contribution in [2.45, 2.75) is 6.85 Å². The van der Waals surface area contributed by atoms with E-state index in [1.54, 1.807) is 0 Å². The van der Waals surface area contributed by atoms with E-state index in [1.165, 1.54) is 7.11 Å². The van der Waals surface area contributed by atoms with Crippen LogP contribution in [-0.4, -0.2) is 18.1 Å². The van der Waals surface area contributed by atoms with Gasteiger partial charge in [0.15, 0.2) is 11.6 Å². The number of nitrogens with zero attached hydrogens (tertiary/aromatic N) is 1. The molecular weight excluding hydrogens is 134 g/mol. The first kappa shape index (κ1) is 3.75. The molecule has 10 heavy (non-hydrogen) atoms. The van der Waals surface area contributed by atoms with Crippen LogP contribution in [0, 0.1) is 6.85 Å². The largest absolute Gasteiger partial charge is 0.464 e. The molecule has 0 saturated heterocycles. The highest BCUT2D eigenvalue weighted by atomic mass is 16.5. The molecular formula is C6H7NO3. The molecule has 0 unspecified atom stereocenters. The lowest BCUT2D eigenvalue weighted by Crippen LogP contribution is -2.00. The lowest BCUT2D eigenvalue weighted by atomic mass is 10.5. The number of carbonyl (C=O) groups excluding carboxylic acids is 1. The maximum atomic E-state index is 10.8. The van der Waals surface area contributed by atoms with Crippen molar-refractivity contribution in [3.05, 3.63) is 17.8 Å². The molecule has 4 nitrogen and oxygen atoms in total. The van der Waals surface area contributed by atoms with Crippen molar-refractivity contribution in [2.75, 3.05) is 7.11 Å². The Bertz CT molecular complexity index is 317. The summed E-state index contributed by atoms with van der Waals surface area (Å²) in [5.41, 5.74) is -0.145. The summed E-state index contributed by atoms with van der Waals surface area (Å²) in [5, 5.41) is 0. The lowest BCUT2D eigenvalue weighted by molar-refractivity contribution is 0.0594. The molecule has 0 radical (unpaired) electrons. The molecule has 0 aliphatic rings. The number of methoxy groups -OCH3 is 1. The predicted molar refractivity (Wildman–Crippen MR) is 32.6 cm³/mol. The molecule has 1 aromatic rings. The highest BCUT2D eigenvalue weighted by Gasteiger charge is 2.08. The number of hydrogen-bond acceptors (Lipinski definition) is 4. The third kappa shape index (κ3) is 1.15.